The molecular weight excluding hydrogens is 373 g/mol. The number of hydrogen-bond acceptors (Lipinski definition) is 5. The number of hydrogen-bond donors (Lipinski definition) is 2. The fourth-order valence-corrected chi connectivity index (χ4v) is 2.64. The predicted molar refractivity (Wildman–Crippen MR) is 109 cm³/mol. The zero-order valence-electron chi connectivity index (χ0n) is 15.8. The topological polar surface area (TPSA) is 80.3 Å². The highest BCUT2D eigenvalue weighted by Gasteiger charge is 2.09. The summed E-state index contributed by atoms with van der Waals surface area (Å²) in [6, 6.07) is 16.2. The van der Waals surface area contributed by atoms with E-state index in [-0.39, 0.29) is 17.4 Å². The van der Waals surface area contributed by atoms with Crippen LogP contribution in [0.3, 0.4) is 0 Å². The fraction of sp³-hybridized carbons (Fsp3) is 0.136. The van der Waals surface area contributed by atoms with Gasteiger partial charge >= 0.3 is 5.97 Å². The highest BCUT2D eigenvalue weighted by molar-refractivity contribution is 6.03. The van der Waals surface area contributed by atoms with E-state index in [2.05, 4.69) is 20.4 Å². The fourth-order valence-electron chi connectivity index (χ4n) is 2.64. The second-order valence-corrected chi connectivity index (χ2v) is 6.26. The molecule has 29 heavy (non-hydrogen) atoms. The minimum atomic E-state index is -0.438. The minimum absolute atomic E-state index is 0.251. The van der Waals surface area contributed by atoms with Crippen molar-refractivity contribution in [2.45, 2.75) is 6.42 Å². The molecule has 3 rings (SSSR count). The van der Waals surface area contributed by atoms with Crippen LogP contribution in [0, 0.1) is 5.82 Å². The minimum Gasteiger partial charge on any atom is -0.465 e. The monoisotopic (exact) mass is 393 g/mol. The third kappa shape index (κ3) is 5.62. The summed E-state index contributed by atoms with van der Waals surface area (Å²) in [4.78, 5) is 27.9. The van der Waals surface area contributed by atoms with Gasteiger partial charge in [-0.2, -0.15) is 0 Å². The first kappa shape index (κ1) is 20.0. The number of carbonyl (C=O) groups is 2. The van der Waals surface area contributed by atoms with E-state index >= 15 is 0 Å². The van der Waals surface area contributed by atoms with Gasteiger partial charge in [0.1, 0.15) is 11.5 Å². The Kier molecular flexibility index (Phi) is 6.52. The molecule has 0 saturated carbocycles. The summed E-state index contributed by atoms with van der Waals surface area (Å²) in [7, 11) is 1.31. The maximum atomic E-state index is 12.9. The molecule has 2 N–H and O–H groups in total. The van der Waals surface area contributed by atoms with Gasteiger partial charge in [0.2, 0.25) is 0 Å². The van der Waals surface area contributed by atoms with Gasteiger partial charge in [0.15, 0.2) is 0 Å². The van der Waals surface area contributed by atoms with Gasteiger partial charge in [0.25, 0.3) is 5.91 Å². The molecule has 0 spiro atoms. The van der Waals surface area contributed by atoms with Crippen LogP contribution in [0.1, 0.15) is 26.4 Å². The van der Waals surface area contributed by atoms with Crippen LogP contribution in [0.2, 0.25) is 0 Å². The quantitative estimate of drug-likeness (QED) is 0.595. The van der Waals surface area contributed by atoms with Crippen molar-refractivity contribution in [1.82, 2.24) is 4.98 Å². The number of benzene rings is 2. The van der Waals surface area contributed by atoms with Crippen LogP contribution >= 0.6 is 0 Å². The maximum Gasteiger partial charge on any atom is 0.337 e. The molecule has 7 heteroatoms. The predicted octanol–water partition coefficient (Wildman–Crippen LogP) is 3.91. The van der Waals surface area contributed by atoms with Crippen LogP contribution < -0.4 is 10.6 Å². The van der Waals surface area contributed by atoms with Crippen LogP contribution in [0.25, 0.3) is 0 Å². The number of esters is 1. The number of aromatic nitrogens is 1. The van der Waals surface area contributed by atoms with Gasteiger partial charge in [-0.1, -0.05) is 12.1 Å². The average molecular weight is 393 g/mol. The molecule has 0 radical (unpaired) electrons. The summed E-state index contributed by atoms with van der Waals surface area (Å²) < 4.78 is 17.5. The number of carbonyl (C=O) groups excluding carboxylic acids is 2. The van der Waals surface area contributed by atoms with E-state index in [0.29, 0.717) is 17.8 Å². The molecule has 0 aliphatic heterocycles. The van der Waals surface area contributed by atoms with Gasteiger partial charge in [-0.25, -0.2) is 14.2 Å². The second-order valence-electron chi connectivity index (χ2n) is 6.26. The maximum absolute atomic E-state index is 12.9. The second kappa shape index (κ2) is 9.45. The van der Waals surface area contributed by atoms with Crippen molar-refractivity contribution in [2.75, 3.05) is 24.3 Å². The molecular formula is C22H20FN3O3. The van der Waals surface area contributed by atoms with Gasteiger partial charge in [0, 0.05) is 12.2 Å². The van der Waals surface area contributed by atoms with Gasteiger partial charge in [0.05, 0.1) is 24.6 Å². The number of rotatable bonds is 7. The third-order valence-corrected chi connectivity index (χ3v) is 4.22. The van der Waals surface area contributed by atoms with Crippen molar-refractivity contribution in [2.24, 2.45) is 0 Å². The van der Waals surface area contributed by atoms with E-state index in [9.17, 15) is 14.0 Å². The number of halogens is 1. The number of nitrogens with one attached hydrogen (secondary N) is 2. The van der Waals surface area contributed by atoms with Crippen molar-refractivity contribution >= 4 is 23.3 Å². The molecule has 6 nitrogen and oxygen atoms in total. The zero-order chi connectivity index (χ0) is 20.6. The van der Waals surface area contributed by atoms with Gasteiger partial charge in [-0.05, 0) is 60.5 Å². The molecule has 0 atom stereocenters. The van der Waals surface area contributed by atoms with Crippen LogP contribution in [0.4, 0.5) is 15.8 Å². The summed E-state index contributed by atoms with van der Waals surface area (Å²) in [6.45, 7) is 0.658. The van der Waals surface area contributed by atoms with E-state index in [1.165, 1.54) is 19.2 Å². The summed E-state index contributed by atoms with van der Waals surface area (Å²) in [5.41, 5.74) is 3.03. The number of methoxy groups -OCH3 is 1. The van der Waals surface area contributed by atoms with Crippen molar-refractivity contribution in [1.29, 1.82) is 0 Å². The Hall–Kier alpha value is -3.74. The van der Waals surface area contributed by atoms with Crippen LogP contribution in [-0.2, 0) is 11.2 Å². The van der Waals surface area contributed by atoms with Gasteiger partial charge < -0.3 is 15.4 Å². The van der Waals surface area contributed by atoms with Crippen molar-refractivity contribution < 1.29 is 18.7 Å². The van der Waals surface area contributed by atoms with Crippen molar-refractivity contribution in [3.63, 3.8) is 0 Å². The molecule has 148 valence electrons. The zero-order valence-corrected chi connectivity index (χ0v) is 15.8. The molecule has 3 aromatic rings. The van der Waals surface area contributed by atoms with E-state index in [4.69, 9.17) is 0 Å². The lowest BCUT2D eigenvalue weighted by molar-refractivity contribution is 0.0600. The number of nitrogens with zero attached hydrogens (tertiary/aromatic N) is 1. The summed E-state index contributed by atoms with van der Waals surface area (Å²) in [5, 5.41) is 5.94. The Morgan fingerprint density at radius 1 is 0.966 bits per heavy atom. The van der Waals surface area contributed by atoms with Crippen LogP contribution in [0.5, 0.6) is 0 Å². The molecule has 0 aliphatic carbocycles. The SMILES string of the molecule is COC(=O)c1ccc(NC(=O)c2ccc(NCCc3ccc(F)cc3)cn2)cc1. The van der Waals surface area contributed by atoms with E-state index in [1.54, 1.807) is 54.7 Å². The molecule has 0 aliphatic rings. The molecule has 2 aromatic carbocycles. The number of anilines is 2. The number of amides is 1. The summed E-state index contributed by atoms with van der Waals surface area (Å²) in [5.74, 6) is -1.04. The van der Waals surface area contributed by atoms with Gasteiger partial charge in [-0.15, -0.1) is 0 Å². The lowest BCUT2D eigenvalue weighted by Crippen LogP contribution is -2.14. The Balaban J connectivity index is 1.51. The van der Waals surface area contributed by atoms with E-state index in [0.717, 1.165) is 17.7 Å². The normalized spacial score (nSPS) is 10.3. The molecule has 1 aromatic heterocycles. The standard InChI is InChI=1S/C22H20FN3O3/c1-29-22(28)16-4-8-18(9-5-16)26-21(27)20-11-10-19(14-25-20)24-13-12-15-2-6-17(23)7-3-15/h2-11,14,24H,12-13H2,1H3,(H,26,27). The van der Waals surface area contributed by atoms with Crippen LogP contribution in [-0.4, -0.2) is 30.5 Å². The first-order valence-electron chi connectivity index (χ1n) is 8.99. The lowest BCUT2D eigenvalue weighted by atomic mass is 10.1. The average Bonchev–Trinajstić information content (AvgIpc) is 2.75. The first-order chi connectivity index (χ1) is 14.0. The molecule has 1 heterocycles. The largest absolute Gasteiger partial charge is 0.465 e. The summed E-state index contributed by atoms with van der Waals surface area (Å²) >= 11 is 0. The molecule has 0 unspecified atom stereocenters. The molecule has 0 fully saturated rings. The summed E-state index contributed by atoms with van der Waals surface area (Å²) in [6.07, 6.45) is 2.32. The molecule has 0 bridgehead atoms. The Labute approximate surface area is 167 Å². The third-order valence-electron chi connectivity index (χ3n) is 4.22. The van der Waals surface area contributed by atoms with E-state index in [1.807, 2.05) is 0 Å². The highest BCUT2D eigenvalue weighted by atomic mass is 19.1. The van der Waals surface area contributed by atoms with Crippen molar-refractivity contribution in [3.8, 4) is 0 Å². The number of ether oxygens (including phenoxy) is 1. The lowest BCUT2D eigenvalue weighted by Gasteiger charge is -2.08. The van der Waals surface area contributed by atoms with Crippen LogP contribution in [0.15, 0.2) is 66.9 Å². The van der Waals surface area contributed by atoms with Gasteiger partial charge in [-0.3, -0.25) is 4.79 Å². The highest BCUT2D eigenvalue weighted by Crippen LogP contribution is 2.13. The Morgan fingerprint density at radius 3 is 2.28 bits per heavy atom. The van der Waals surface area contributed by atoms with E-state index < -0.39 is 5.97 Å². The first-order valence-corrected chi connectivity index (χ1v) is 8.99. The molecule has 0 saturated heterocycles. The smallest absolute Gasteiger partial charge is 0.337 e. The Bertz CT molecular complexity index is 972. The van der Waals surface area contributed by atoms with Crippen molar-refractivity contribution in [3.05, 3.63) is 89.5 Å². The molecule has 1 amide bonds. The number of pyridine rings is 1. The Morgan fingerprint density at radius 2 is 1.66 bits per heavy atom.